The second-order valence-electron chi connectivity index (χ2n) is 4.52. The average Bonchev–Trinajstić information content (AvgIpc) is 2.90. The molecule has 0 radical (unpaired) electrons. The third-order valence-electron chi connectivity index (χ3n) is 3.06. The number of carbonyl (C=O) groups is 1. The predicted molar refractivity (Wildman–Crippen MR) is 69.8 cm³/mol. The number of hydrogen-bond donors (Lipinski definition) is 3. The number of aliphatic imine (C=N–C) groups is 1. The summed E-state index contributed by atoms with van der Waals surface area (Å²) in [6.45, 7) is 2.04. The molecule has 1 aromatic rings. The van der Waals surface area contributed by atoms with E-state index in [-0.39, 0.29) is 5.56 Å². The molecule has 0 aromatic carbocycles. The third-order valence-corrected chi connectivity index (χ3v) is 3.06. The van der Waals surface area contributed by atoms with Gasteiger partial charge >= 0.3 is 5.97 Å². The summed E-state index contributed by atoms with van der Waals surface area (Å²) in [5.41, 5.74) is 0.672. The molecule has 1 saturated heterocycles. The van der Waals surface area contributed by atoms with Crippen molar-refractivity contribution in [1.29, 1.82) is 0 Å². The number of aromatic nitrogens is 1. The first-order valence-electron chi connectivity index (χ1n) is 6.18. The highest BCUT2D eigenvalue weighted by Crippen LogP contribution is 2.21. The van der Waals surface area contributed by atoms with Crippen LogP contribution in [-0.2, 0) is 9.47 Å². The van der Waals surface area contributed by atoms with E-state index in [0.29, 0.717) is 38.0 Å². The summed E-state index contributed by atoms with van der Waals surface area (Å²) < 4.78 is 11.0. The number of pyridine rings is 1. The minimum atomic E-state index is -1.02. The molecule has 3 N–H and O–H groups in total. The van der Waals surface area contributed by atoms with Crippen LogP contribution < -0.4 is 10.6 Å². The minimum Gasteiger partial charge on any atom is -0.478 e. The molecule has 1 aromatic heterocycles. The van der Waals surface area contributed by atoms with Crippen LogP contribution in [-0.4, -0.2) is 54.1 Å². The Bertz CT molecular complexity index is 554. The van der Waals surface area contributed by atoms with Crippen molar-refractivity contribution in [2.24, 2.45) is 4.99 Å². The van der Waals surface area contributed by atoms with Crippen LogP contribution in [0.2, 0.25) is 0 Å². The monoisotopic (exact) mass is 278 g/mol. The quantitative estimate of drug-likeness (QED) is 0.693. The molecule has 1 spiro atoms. The van der Waals surface area contributed by atoms with Crippen molar-refractivity contribution >= 4 is 17.6 Å². The molecule has 0 bridgehead atoms. The van der Waals surface area contributed by atoms with Crippen LogP contribution in [0.5, 0.6) is 0 Å². The van der Waals surface area contributed by atoms with E-state index in [1.807, 2.05) is 0 Å². The Labute approximate surface area is 114 Å². The van der Waals surface area contributed by atoms with Gasteiger partial charge in [0.2, 0.25) is 5.79 Å². The van der Waals surface area contributed by atoms with Crippen LogP contribution in [0.25, 0.3) is 0 Å². The Hall–Kier alpha value is -2.19. The molecule has 1 fully saturated rings. The maximum atomic E-state index is 10.9. The molecule has 8 heteroatoms. The van der Waals surface area contributed by atoms with Crippen LogP contribution in [0.4, 0.5) is 5.69 Å². The Morgan fingerprint density at radius 2 is 2.20 bits per heavy atom. The molecular formula is C12H14N4O4. The van der Waals surface area contributed by atoms with Gasteiger partial charge in [0.25, 0.3) is 0 Å². The summed E-state index contributed by atoms with van der Waals surface area (Å²) in [7, 11) is 0. The number of carboxylic acids is 1. The van der Waals surface area contributed by atoms with Crippen LogP contribution in [0.3, 0.4) is 0 Å². The largest absolute Gasteiger partial charge is 0.478 e. The van der Waals surface area contributed by atoms with E-state index in [9.17, 15) is 4.79 Å². The number of rotatable bonds is 2. The van der Waals surface area contributed by atoms with Crippen molar-refractivity contribution in [3.05, 3.63) is 24.0 Å². The number of nitrogens with one attached hydrogen (secondary N) is 2. The fourth-order valence-electron chi connectivity index (χ4n) is 2.07. The summed E-state index contributed by atoms with van der Waals surface area (Å²) in [5.74, 6) is -1.14. The van der Waals surface area contributed by atoms with Gasteiger partial charge in [-0.05, 0) is 6.07 Å². The first kappa shape index (κ1) is 12.8. The van der Waals surface area contributed by atoms with Gasteiger partial charge in [-0.3, -0.25) is 4.98 Å². The average molecular weight is 278 g/mol. The summed E-state index contributed by atoms with van der Waals surface area (Å²) in [4.78, 5) is 19.0. The van der Waals surface area contributed by atoms with Crippen LogP contribution >= 0.6 is 0 Å². The molecule has 2 aliphatic heterocycles. The van der Waals surface area contributed by atoms with E-state index in [1.54, 1.807) is 0 Å². The maximum absolute atomic E-state index is 10.9. The maximum Gasteiger partial charge on any atom is 0.337 e. The topological polar surface area (TPSA) is 105 Å². The zero-order chi connectivity index (χ0) is 14.0. The molecule has 0 saturated carbocycles. The Kier molecular flexibility index (Phi) is 3.25. The van der Waals surface area contributed by atoms with Gasteiger partial charge in [0, 0.05) is 6.20 Å². The zero-order valence-electron chi connectivity index (χ0n) is 10.6. The zero-order valence-corrected chi connectivity index (χ0v) is 10.6. The van der Waals surface area contributed by atoms with Gasteiger partial charge < -0.3 is 25.2 Å². The van der Waals surface area contributed by atoms with Gasteiger partial charge in [0.15, 0.2) is 5.96 Å². The van der Waals surface area contributed by atoms with Crippen molar-refractivity contribution in [2.75, 3.05) is 31.6 Å². The van der Waals surface area contributed by atoms with Gasteiger partial charge in [-0.25, -0.2) is 9.79 Å². The number of carboxylic acid groups (broad SMARTS) is 1. The molecule has 0 aliphatic carbocycles. The molecule has 0 atom stereocenters. The molecule has 2 aliphatic rings. The van der Waals surface area contributed by atoms with Crippen molar-refractivity contribution in [3.63, 3.8) is 0 Å². The Morgan fingerprint density at radius 1 is 1.40 bits per heavy atom. The predicted octanol–water partition coefficient (Wildman–Crippen LogP) is -0.106. The first-order chi connectivity index (χ1) is 9.67. The lowest BCUT2D eigenvalue weighted by molar-refractivity contribution is -0.144. The number of aromatic carboxylic acids is 1. The second-order valence-corrected chi connectivity index (χ2v) is 4.52. The van der Waals surface area contributed by atoms with E-state index < -0.39 is 11.8 Å². The van der Waals surface area contributed by atoms with Gasteiger partial charge in [0.05, 0.1) is 43.8 Å². The normalized spacial score (nSPS) is 20.3. The van der Waals surface area contributed by atoms with Crippen LogP contribution in [0.15, 0.2) is 23.5 Å². The molecule has 8 nitrogen and oxygen atoms in total. The number of guanidine groups is 1. The highest BCUT2D eigenvalue weighted by molar-refractivity contribution is 5.95. The number of hydrogen-bond acceptors (Lipinski definition) is 7. The molecule has 3 heterocycles. The minimum absolute atomic E-state index is 0.116. The highest BCUT2D eigenvalue weighted by atomic mass is 16.7. The molecule has 106 valence electrons. The molecule has 3 rings (SSSR count). The number of anilines is 1. The van der Waals surface area contributed by atoms with E-state index in [2.05, 4.69) is 20.6 Å². The van der Waals surface area contributed by atoms with E-state index >= 15 is 0 Å². The molecule has 0 amide bonds. The fraction of sp³-hybridized carbons (Fsp3) is 0.417. The van der Waals surface area contributed by atoms with Crippen molar-refractivity contribution in [3.8, 4) is 0 Å². The SMILES string of the molecule is O=C(O)c1cncc(NC2=NCC3(CN2)OCCO3)c1. The van der Waals surface area contributed by atoms with Crippen LogP contribution in [0.1, 0.15) is 10.4 Å². The lowest BCUT2D eigenvalue weighted by Crippen LogP contribution is -2.52. The van der Waals surface area contributed by atoms with E-state index in [0.717, 1.165) is 0 Å². The Morgan fingerprint density at radius 3 is 2.85 bits per heavy atom. The van der Waals surface area contributed by atoms with Crippen molar-refractivity contribution < 1.29 is 19.4 Å². The summed E-state index contributed by atoms with van der Waals surface area (Å²) in [6.07, 6.45) is 2.82. The van der Waals surface area contributed by atoms with Gasteiger partial charge in [-0.2, -0.15) is 0 Å². The number of nitrogens with zero attached hydrogens (tertiary/aromatic N) is 2. The van der Waals surface area contributed by atoms with Gasteiger partial charge in [0.1, 0.15) is 0 Å². The van der Waals surface area contributed by atoms with E-state index in [4.69, 9.17) is 14.6 Å². The van der Waals surface area contributed by atoms with Gasteiger partial charge in [-0.15, -0.1) is 0 Å². The number of ether oxygens (including phenoxy) is 2. The molecule has 0 unspecified atom stereocenters. The molecular weight excluding hydrogens is 264 g/mol. The standard InChI is InChI=1S/C12H14N4O4/c17-10(18)8-3-9(5-13-4-8)16-11-14-6-12(7-15-11)19-1-2-20-12/h3-5H,1-2,6-7H2,(H,17,18)(H2,14,15,16). The lowest BCUT2D eigenvalue weighted by atomic mass is 10.2. The third kappa shape index (κ3) is 2.56. The highest BCUT2D eigenvalue weighted by Gasteiger charge is 2.38. The van der Waals surface area contributed by atoms with Crippen molar-refractivity contribution in [2.45, 2.75) is 5.79 Å². The lowest BCUT2D eigenvalue weighted by Gasteiger charge is -2.30. The fourth-order valence-corrected chi connectivity index (χ4v) is 2.07. The van der Waals surface area contributed by atoms with E-state index in [1.165, 1.54) is 18.5 Å². The van der Waals surface area contributed by atoms with Crippen molar-refractivity contribution in [1.82, 2.24) is 10.3 Å². The molecule has 20 heavy (non-hydrogen) atoms. The van der Waals surface area contributed by atoms with Gasteiger partial charge in [-0.1, -0.05) is 0 Å². The summed E-state index contributed by atoms with van der Waals surface area (Å²) in [5, 5.41) is 15.0. The smallest absolute Gasteiger partial charge is 0.337 e. The summed E-state index contributed by atoms with van der Waals surface area (Å²) in [6, 6.07) is 1.49. The first-order valence-corrected chi connectivity index (χ1v) is 6.18. The summed E-state index contributed by atoms with van der Waals surface area (Å²) >= 11 is 0. The van der Waals surface area contributed by atoms with Crippen LogP contribution in [0, 0.1) is 0 Å². The second kappa shape index (κ2) is 5.06. The Balaban J connectivity index is 1.68.